The quantitative estimate of drug-likeness (QED) is 0.567. The number of nitriles is 1. The van der Waals surface area contributed by atoms with Gasteiger partial charge in [0.1, 0.15) is 17.7 Å². The van der Waals surface area contributed by atoms with Crippen molar-refractivity contribution in [3.8, 4) is 11.9 Å². The monoisotopic (exact) mass is 495 g/mol. The zero-order valence-corrected chi connectivity index (χ0v) is 20.8. The summed E-state index contributed by atoms with van der Waals surface area (Å²) in [6, 6.07) is 7.15. The molecule has 3 aliphatic rings. The number of fused-ring (bicyclic) bond motifs is 2. The van der Waals surface area contributed by atoms with Crippen LogP contribution in [-0.2, 0) is 4.74 Å². The second-order valence-electron chi connectivity index (χ2n) is 10.2. The van der Waals surface area contributed by atoms with Crippen LogP contribution in [-0.4, -0.2) is 46.3 Å². The summed E-state index contributed by atoms with van der Waals surface area (Å²) in [6.45, 7) is 5.96. The van der Waals surface area contributed by atoms with Gasteiger partial charge in [0, 0.05) is 19.0 Å². The first-order valence-corrected chi connectivity index (χ1v) is 12.6. The number of halogens is 1. The SMILES string of the molecule is Cc1c(Nc2ccc(C#N)cc2Cl)ncnc1OCC1C2CCC1CN(C(=O)OC1(C)CCC1)C2. The van der Waals surface area contributed by atoms with Gasteiger partial charge in [0.2, 0.25) is 5.88 Å². The zero-order valence-electron chi connectivity index (χ0n) is 20.1. The van der Waals surface area contributed by atoms with Crippen LogP contribution in [0.15, 0.2) is 24.5 Å². The van der Waals surface area contributed by atoms with E-state index in [4.69, 9.17) is 26.3 Å². The van der Waals surface area contributed by atoms with Gasteiger partial charge in [-0.1, -0.05) is 11.6 Å². The van der Waals surface area contributed by atoms with E-state index in [1.54, 1.807) is 18.2 Å². The van der Waals surface area contributed by atoms with Crippen molar-refractivity contribution >= 4 is 29.2 Å². The lowest BCUT2D eigenvalue weighted by atomic mass is 9.82. The number of piperidine rings is 1. The van der Waals surface area contributed by atoms with Gasteiger partial charge in [-0.05, 0) is 76.0 Å². The van der Waals surface area contributed by atoms with Crippen LogP contribution in [0, 0.1) is 36.0 Å². The van der Waals surface area contributed by atoms with E-state index in [1.165, 1.54) is 6.33 Å². The van der Waals surface area contributed by atoms with Crippen molar-refractivity contribution in [3.05, 3.63) is 40.7 Å². The molecule has 9 heteroatoms. The molecule has 2 saturated carbocycles. The Hall–Kier alpha value is -3.05. The number of carbonyl (C=O) groups excluding carboxylic acids is 1. The first-order chi connectivity index (χ1) is 16.8. The number of nitrogens with zero attached hydrogens (tertiary/aromatic N) is 4. The molecular formula is C26H30ClN5O3. The molecule has 2 aliphatic carbocycles. The van der Waals surface area contributed by atoms with Crippen LogP contribution in [0.25, 0.3) is 0 Å². The number of anilines is 2. The highest BCUT2D eigenvalue weighted by Crippen LogP contribution is 2.43. The molecule has 8 nitrogen and oxygen atoms in total. The number of amides is 1. The van der Waals surface area contributed by atoms with Gasteiger partial charge in [-0.25, -0.2) is 14.8 Å². The molecule has 2 bridgehead atoms. The molecule has 1 aromatic heterocycles. The number of rotatable bonds is 6. The summed E-state index contributed by atoms with van der Waals surface area (Å²) in [6.07, 6.45) is 6.57. The van der Waals surface area contributed by atoms with E-state index in [0.717, 1.165) is 50.8 Å². The van der Waals surface area contributed by atoms with Crippen LogP contribution in [0.5, 0.6) is 5.88 Å². The second kappa shape index (κ2) is 9.54. The zero-order chi connectivity index (χ0) is 24.6. The van der Waals surface area contributed by atoms with E-state index in [9.17, 15) is 4.79 Å². The van der Waals surface area contributed by atoms with Crippen molar-refractivity contribution in [3.63, 3.8) is 0 Å². The van der Waals surface area contributed by atoms with E-state index in [2.05, 4.69) is 21.4 Å². The lowest BCUT2D eigenvalue weighted by Gasteiger charge is -2.42. The Kier molecular flexibility index (Phi) is 6.45. The van der Waals surface area contributed by atoms with Gasteiger partial charge < -0.3 is 19.7 Å². The lowest BCUT2D eigenvalue weighted by molar-refractivity contribution is -0.0558. The number of benzene rings is 1. The summed E-state index contributed by atoms with van der Waals surface area (Å²) in [4.78, 5) is 23.3. The molecule has 2 atom stereocenters. The molecule has 5 rings (SSSR count). The molecule has 1 aromatic carbocycles. The predicted octanol–water partition coefficient (Wildman–Crippen LogP) is 5.47. The Labute approximate surface area is 210 Å². The van der Waals surface area contributed by atoms with Crippen LogP contribution in [0.1, 0.15) is 50.2 Å². The maximum Gasteiger partial charge on any atom is 0.410 e. The summed E-state index contributed by atoms with van der Waals surface area (Å²) < 4.78 is 12.0. The largest absolute Gasteiger partial charge is 0.477 e. The summed E-state index contributed by atoms with van der Waals surface area (Å²) in [5.41, 5.74) is 1.67. The number of likely N-dealkylation sites (tertiary alicyclic amines) is 1. The highest BCUT2D eigenvalue weighted by Gasteiger charge is 2.45. The molecule has 1 saturated heterocycles. The van der Waals surface area contributed by atoms with E-state index < -0.39 is 0 Å². The first kappa shape index (κ1) is 23.7. The van der Waals surface area contributed by atoms with Crippen LogP contribution in [0.3, 0.4) is 0 Å². The smallest absolute Gasteiger partial charge is 0.410 e. The summed E-state index contributed by atoms with van der Waals surface area (Å²) >= 11 is 6.31. The fraction of sp³-hybridized carbons (Fsp3) is 0.538. The molecule has 2 aromatic rings. The molecule has 1 amide bonds. The van der Waals surface area contributed by atoms with E-state index in [-0.39, 0.29) is 11.7 Å². The van der Waals surface area contributed by atoms with E-state index in [1.807, 2.05) is 18.7 Å². The van der Waals surface area contributed by atoms with Gasteiger partial charge in [0.15, 0.2) is 0 Å². The summed E-state index contributed by atoms with van der Waals surface area (Å²) in [7, 11) is 0. The summed E-state index contributed by atoms with van der Waals surface area (Å²) in [5, 5.41) is 12.7. The van der Waals surface area contributed by atoms with Crippen molar-refractivity contribution in [1.82, 2.24) is 14.9 Å². The average Bonchev–Trinajstić information content (AvgIpc) is 3.05. The Morgan fingerprint density at radius 2 is 2.03 bits per heavy atom. The van der Waals surface area contributed by atoms with Gasteiger partial charge in [-0.15, -0.1) is 0 Å². The second-order valence-corrected chi connectivity index (χ2v) is 10.6. The number of carbonyl (C=O) groups is 1. The molecule has 1 N–H and O–H groups in total. The Bertz CT molecular complexity index is 1150. The molecule has 0 radical (unpaired) electrons. The van der Waals surface area contributed by atoms with Gasteiger partial charge in [0.25, 0.3) is 0 Å². The van der Waals surface area contributed by atoms with Gasteiger partial charge >= 0.3 is 6.09 Å². The number of hydrogen-bond donors (Lipinski definition) is 1. The third-order valence-electron chi connectivity index (χ3n) is 7.83. The molecule has 3 fully saturated rings. The van der Waals surface area contributed by atoms with Gasteiger partial charge in [-0.2, -0.15) is 5.26 Å². The highest BCUT2D eigenvalue weighted by molar-refractivity contribution is 6.33. The molecule has 2 unspecified atom stereocenters. The normalized spacial score (nSPS) is 24.3. The minimum atomic E-state index is -0.269. The molecular weight excluding hydrogens is 466 g/mol. The van der Waals surface area contributed by atoms with Crippen molar-refractivity contribution in [2.75, 3.05) is 25.0 Å². The maximum atomic E-state index is 12.7. The minimum absolute atomic E-state index is 0.160. The first-order valence-electron chi connectivity index (χ1n) is 12.2. The van der Waals surface area contributed by atoms with Crippen LogP contribution >= 0.6 is 11.6 Å². The van der Waals surface area contributed by atoms with Crippen molar-refractivity contribution < 1.29 is 14.3 Å². The van der Waals surface area contributed by atoms with Crippen LogP contribution in [0.2, 0.25) is 5.02 Å². The molecule has 1 aliphatic heterocycles. The third kappa shape index (κ3) is 4.87. The van der Waals surface area contributed by atoms with Crippen molar-refractivity contribution in [2.45, 2.75) is 51.6 Å². The molecule has 0 spiro atoms. The topological polar surface area (TPSA) is 100 Å². The fourth-order valence-corrected chi connectivity index (χ4v) is 5.73. The van der Waals surface area contributed by atoms with Crippen molar-refractivity contribution in [2.24, 2.45) is 17.8 Å². The minimum Gasteiger partial charge on any atom is -0.477 e. The van der Waals surface area contributed by atoms with Crippen LogP contribution < -0.4 is 10.1 Å². The number of hydrogen-bond acceptors (Lipinski definition) is 7. The van der Waals surface area contributed by atoms with Crippen LogP contribution in [0.4, 0.5) is 16.3 Å². The predicted molar refractivity (Wildman–Crippen MR) is 132 cm³/mol. The standard InChI is InChI=1S/C26H30ClN5O3/c1-16-23(31-22-7-4-17(11-28)10-21(22)27)29-15-30-24(16)34-14-20-18-5-6-19(20)13-32(12-18)25(33)35-26(2)8-3-9-26/h4,7,10,15,18-20H,3,5-6,8-9,12-14H2,1-2H3,(H,29,30,31). The van der Waals surface area contributed by atoms with E-state index >= 15 is 0 Å². The van der Waals surface area contributed by atoms with Gasteiger partial charge in [0.05, 0.1) is 34.5 Å². The average molecular weight is 496 g/mol. The lowest BCUT2D eigenvalue weighted by Crippen LogP contribution is -2.50. The number of nitrogens with one attached hydrogen (secondary N) is 1. The third-order valence-corrected chi connectivity index (χ3v) is 8.15. The Morgan fingerprint density at radius 3 is 2.66 bits per heavy atom. The molecule has 2 heterocycles. The van der Waals surface area contributed by atoms with Gasteiger partial charge in [-0.3, -0.25) is 0 Å². The molecule has 184 valence electrons. The number of aromatic nitrogens is 2. The highest BCUT2D eigenvalue weighted by atomic mass is 35.5. The number of ether oxygens (including phenoxy) is 2. The molecule has 35 heavy (non-hydrogen) atoms. The van der Waals surface area contributed by atoms with Crippen molar-refractivity contribution in [1.29, 1.82) is 5.26 Å². The Balaban J connectivity index is 1.20. The summed E-state index contributed by atoms with van der Waals surface area (Å²) in [5.74, 6) is 2.34. The fourth-order valence-electron chi connectivity index (χ4n) is 5.50. The Morgan fingerprint density at radius 1 is 1.29 bits per heavy atom. The maximum absolute atomic E-state index is 12.7. The van der Waals surface area contributed by atoms with E-state index in [0.29, 0.717) is 52.3 Å².